The maximum atomic E-state index is 10.9. The van der Waals surface area contributed by atoms with Crippen LogP contribution in [0.2, 0.25) is 0 Å². The average Bonchev–Trinajstić information content (AvgIpc) is 2.58. The summed E-state index contributed by atoms with van der Waals surface area (Å²) < 4.78 is 5.16. The Hall–Kier alpha value is -1.48. The summed E-state index contributed by atoms with van der Waals surface area (Å²) >= 11 is 0. The molecule has 0 aliphatic carbocycles. The second-order valence-corrected chi connectivity index (χ2v) is 2.89. The third kappa shape index (κ3) is 1.01. The fraction of sp³-hybridized carbons (Fsp3) is 0.200. The molecule has 0 N–H and O–H groups in total. The molecule has 0 spiro atoms. The van der Waals surface area contributed by atoms with Crippen LogP contribution in [0.4, 0.5) is 5.69 Å². The lowest BCUT2D eigenvalue weighted by molar-refractivity contribution is -0.120. The fourth-order valence-electron chi connectivity index (χ4n) is 1.46. The van der Waals surface area contributed by atoms with E-state index in [9.17, 15) is 4.79 Å². The highest BCUT2D eigenvalue weighted by Gasteiger charge is 2.35. The predicted octanol–water partition coefficient (Wildman–Crippen LogP) is 1.44. The standard InChI is InChI=1S/C10H9NO2/c1-13-10(7-12)6-11-9-5-3-2-4-8(9)10/h2-7H,1H3. The molecule has 66 valence electrons. The summed E-state index contributed by atoms with van der Waals surface area (Å²) in [6, 6.07) is 7.45. The number of aldehydes is 1. The number of nitrogens with zero attached hydrogens (tertiary/aromatic N) is 1. The maximum absolute atomic E-state index is 10.9. The molecule has 0 amide bonds. The number of para-hydroxylation sites is 1. The van der Waals surface area contributed by atoms with Gasteiger partial charge in [0.15, 0.2) is 11.9 Å². The molecule has 1 aliphatic rings. The van der Waals surface area contributed by atoms with E-state index in [1.807, 2.05) is 24.3 Å². The third-order valence-corrected chi connectivity index (χ3v) is 2.23. The number of methoxy groups -OCH3 is 1. The van der Waals surface area contributed by atoms with Gasteiger partial charge in [0.1, 0.15) is 0 Å². The molecule has 0 radical (unpaired) electrons. The largest absolute Gasteiger partial charge is 0.360 e. The number of aliphatic imine (C=N–C) groups is 1. The van der Waals surface area contributed by atoms with Gasteiger partial charge in [-0.25, -0.2) is 0 Å². The van der Waals surface area contributed by atoms with Crippen LogP contribution in [0.25, 0.3) is 0 Å². The lowest BCUT2D eigenvalue weighted by atomic mass is 9.98. The third-order valence-electron chi connectivity index (χ3n) is 2.23. The first-order valence-corrected chi connectivity index (χ1v) is 3.98. The summed E-state index contributed by atoms with van der Waals surface area (Å²) in [5.41, 5.74) is 0.653. The van der Waals surface area contributed by atoms with Crippen LogP contribution in [0.1, 0.15) is 5.56 Å². The zero-order chi connectivity index (χ0) is 9.31. The van der Waals surface area contributed by atoms with Crippen molar-refractivity contribution in [1.82, 2.24) is 0 Å². The first-order valence-electron chi connectivity index (χ1n) is 3.98. The molecule has 1 aromatic rings. The molecule has 2 rings (SSSR count). The Kier molecular flexibility index (Phi) is 1.74. The molecule has 0 saturated heterocycles. The van der Waals surface area contributed by atoms with E-state index in [1.54, 1.807) is 0 Å². The lowest BCUT2D eigenvalue weighted by Gasteiger charge is -2.18. The minimum Gasteiger partial charge on any atom is -0.360 e. The van der Waals surface area contributed by atoms with Gasteiger partial charge in [0, 0.05) is 18.9 Å². The predicted molar refractivity (Wildman–Crippen MR) is 49.3 cm³/mol. The molecule has 1 atom stereocenters. The highest BCUT2D eigenvalue weighted by Crippen LogP contribution is 2.35. The second kappa shape index (κ2) is 2.78. The zero-order valence-electron chi connectivity index (χ0n) is 7.23. The molecular weight excluding hydrogens is 166 g/mol. The Balaban J connectivity index is 2.59. The number of carbonyl (C=O) groups excluding carboxylic acids is 1. The van der Waals surface area contributed by atoms with Crippen LogP contribution >= 0.6 is 0 Å². The van der Waals surface area contributed by atoms with Crippen LogP contribution in [-0.2, 0) is 15.1 Å². The highest BCUT2D eigenvalue weighted by atomic mass is 16.5. The minimum atomic E-state index is -0.962. The van der Waals surface area contributed by atoms with E-state index < -0.39 is 5.60 Å². The van der Waals surface area contributed by atoms with Gasteiger partial charge in [0.2, 0.25) is 0 Å². The molecule has 0 fully saturated rings. The normalized spacial score (nSPS) is 24.4. The van der Waals surface area contributed by atoms with Gasteiger partial charge in [-0.15, -0.1) is 0 Å². The van der Waals surface area contributed by atoms with Crippen molar-refractivity contribution in [1.29, 1.82) is 0 Å². The molecule has 1 aliphatic heterocycles. The smallest absolute Gasteiger partial charge is 0.185 e. The molecule has 1 aromatic carbocycles. The van der Waals surface area contributed by atoms with Crippen LogP contribution in [-0.4, -0.2) is 19.6 Å². The van der Waals surface area contributed by atoms with Crippen molar-refractivity contribution >= 4 is 18.2 Å². The molecule has 13 heavy (non-hydrogen) atoms. The summed E-state index contributed by atoms with van der Waals surface area (Å²) in [5, 5.41) is 0. The Morgan fingerprint density at radius 3 is 2.92 bits per heavy atom. The summed E-state index contributed by atoms with van der Waals surface area (Å²) in [4.78, 5) is 15.0. The minimum absolute atomic E-state index is 0.766. The van der Waals surface area contributed by atoms with Crippen LogP contribution < -0.4 is 0 Å². The van der Waals surface area contributed by atoms with E-state index >= 15 is 0 Å². The number of hydrogen-bond donors (Lipinski definition) is 0. The van der Waals surface area contributed by atoms with E-state index in [0.717, 1.165) is 17.5 Å². The van der Waals surface area contributed by atoms with Crippen molar-refractivity contribution in [3.63, 3.8) is 0 Å². The van der Waals surface area contributed by atoms with Gasteiger partial charge in [-0.2, -0.15) is 0 Å². The van der Waals surface area contributed by atoms with Gasteiger partial charge < -0.3 is 4.74 Å². The quantitative estimate of drug-likeness (QED) is 0.638. The van der Waals surface area contributed by atoms with Gasteiger partial charge >= 0.3 is 0 Å². The first kappa shape index (κ1) is 8.13. The van der Waals surface area contributed by atoms with Crippen molar-refractivity contribution in [3.8, 4) is 0 Å². The van der Waals surface area contributed by atoms with E-state index in [0.29, 0.717) is 0 Å². The fourth-order valence-corrected chi connectivity index (χ4v) is 1.46. The second-order valence-electron chi connectivity index (χ2n) is 2.89. The van der Waals surface area contributed by atoms with Crippen LogP contribution in [0, 0.1) is 0 Å². The van der Waals surface area contributed by atoms with Crippen LogP contribution in [0.15, 0.2) is 29.3 Å². The van der Waals surface area contributed by atoms with Gasteiger partial charge in [0.25, 0.3) is 0 Å². The summed E-state index contributed by atoms with van der Waals surface area (Å²) in [7, 11) is 1.50. The number of rotatable bonds is 2. The number of hydrogen-bond acceptors (Lipinski definition) is 3. The molecule has 0 bridgehead atoms. The number of ether oxygens (including phenoxy) is 1. The van der Waals surface area contributed by atoms with Crippen molar-refractivity contribution in [2.24, 2.45) is 4.99 Å². The SMILES string of the molecule is COC1(C=O)C=Nc2ccccc21. The summed E-state index contributed by atoms with van der Waals surface area (Å²) in [6.07, 6.45) is 2.30. The number of benzene rings is 1. The van der Waals surface area contributed by atoms with Crippen LogP contribution in [0.5, 0.6) is 0 Å². The Morgan fingerprint density at radius 1 is 1.46 bits per heavy atom. The highest BCUT2D eigenvalue weighted by molar-refractivity contribution is 5.98. The molecule has 1 heterocycles. The number of fused-ring (bicyclic) bond motifs is 1. The zero-order valence-corrected chi connectivity index (χ0v) is 7.23. The van der Waals surface area contributed by atoms with Crippen molar-refractivity contribution in [2.75, 3.05) is 7.11 Å². The first-order chi connectivity index (χ1) is 6.32. The van der Waals surface area contributed by atoms with E-state index in [4.69, 9.17) is 4.74 Å². The molecule has 3 nitrogen and oxygen atoms in total. The number of carbonyl (C=O) groups is 1. The van der Waals surface area contributed by atoms with Crippen molar-refractivity contribution in [2.45, 2.75) is 5.60 Å². The maximum Gasteiger partial charge on any atom is 0.185 e. The Morgan fingerprint density at radius 2 is 2.23 bits per heavy atom. The van der Waals surface area contributed by atoms with E-state index in [1.165, 1.54) is 13.3 Å². The molecule has 1 unspecified atom stereocenters. The Bertz CT molecular complexity index is 373. The van der Waals surface area contributed by atoms with Gasteiger partial charge in [-0.1, -0.05) is 18.2 Å². The monoisotopic (exact) mass is 175 g/mol. The molecule has 0 saturated carbocycles. The van der Waals surface area contributed by atoms with Crippen molar-refractivity contribution in [3.05, 3.63) is 29.8 Å². The van der Waals surface area contributed by atoms with E-state index in [-0.39, 0.29) is 0 Å². The average molecular weight is 175 g/mol. The summed E-state index contributed by atoms with van der Waals surface area (Å²) in [6.45, 7) is 0. The summed E-state index contributed by atoms with van der Waals surface area (Å²) in [5.74, 6) is 0. The Labute approximate surface area is 76.1 Å². The van der Waals surface area contributed by atoms with Crippen molar-refractivity contribution < 1.29 is 9.53 Å². The van der Waals surface area contributed by atoms with Crippen LogP contribution in [0.3, 0.4) is 0 Å². The molecule has 0 aromatic heterocycles. The van der Waals surface area contributed by atoms with E-state index in [2.05, 4.69) is 4.99 Å². The van der Waals surface area contributed by atoms with Gasteiger partial charge in [0.05, 0.1) is 5.69 Å². The topological polar surface area (TPSA) is 38.7 Å². The molecular formula is C10H9NO2. The molecule has 3 heteroatoms. The lowest BCUT2D eigenvalue weighted by Crippen LogP contribution is -2.29. The van der Waals surface area contributed by atoms with Gasteiger partial charge in [-0.05, 0) is 6.07 Å². The van der Waals surface area contributed by atoms with Gasteiger partial charge in [-0.3, -0.25) is 9.79 Å².